The molecular weight excluding hydrogens is 161 g/mol. The number of nitrogens with zero attached hydrogens (tertiary/aromatic N) is 1. The highest BCUT2D eigenvalue weighted by molar-refractivity contribution is 5.32. The van der Waals surface area contributed by atoms with Gasteiger partial charge in [-0.15, -0.1) is 0 Å². The summed E-state index contributed by atoms with van der Waals surface area (Å²) >= 11 is 0. The lowest BCUT2D eigenvalue weighted by Crippen LogP contribution is -2.11. The van der Waals surface area contributed by atoms with Crippen LogP contribution in [0, 0.1) is 5.82 Å². The molecule has 2 N–H and O–H groups in total. The molecule has 4 heteroatoms. The second-order valence-electron chi connectivity index (χ2n) is 2.59. The normalized spacial score (nSPS) is 10.7. The molecule has 0 unspecified atom stereocenters. The Morgan fingerprint density at radius 2 is 2.17 bits per heavy atom. The lowest BCUT2D eigenvalue weighted by atomic mass is 10.2. The zero-order valence-corrected chi connectivity index (χ0v) is 6.66. The Morgan fingerprint density at radius 1 is 1.50 bits per heavy atom. The van der Waals surface area contributed by atoms with Crippen LogP contribution in [0.15, 0.2) is 18.2 Å². The zero-order valence-electron chi connectivity index (χ0n) is 6.66. The van der Waals surface area contributed by atoms with Crippen LogP contribution in [0.4, 0.5) is 4.39 Å². The van der Waals surface area contributed by atoms with Crippen molar-refractivity contribution in [2.45, 2.75) is 6.54 Å². The van der Waals surface area contributed by atoms with Gasteiger partial charge in [-0.05, 0) is 18.2 Å². The number of halogens is 1. The van der Waals surface area contributed by atoms with E-state index in [0.717, 1.165) is 11.1 Å². The monoisotopic (exact) mass is 171 g/mol. The molecule has 3 nitrogen and oxygen atoms in total. The highest BCUT2D eigenvalue weighted by atomic mass is 19.1. The van der Waals surface area contributed by atoms with Crippen molar-refractivity contribution in [1.82, 2.24) is 5.06 Å². The Labute approximate surface area is 69.6 Å². The van der Waals surface area contributed by atoms with E-state index in [1.807, 2.05) is 0 Å². The maximum atomic E-state index is 12.6. The lowest BCUT2D eigenvalue weighted by molar-refractivity contribution is -0.0736. The highest BCUT2D eigenvalue weighted by Gasteiger charge is 2.03. The van der Waals surface area contributed by atoms with E-state index in [1.165, 1.54) is 19.2 Å². The summed E-state index contributed by atoms with van der Waals surface area (Å²) in [5.74, 6) is -0.443. The Kier molecular flexibility index (Phi) is 2.62. The number of aromatic hydroxyl groups is 1. The van der Waals surface area contributed by atoms with E-state index in [0.29, 0.717) is 5.56 Å². The van der Waals surface area contributed by atoms with Crippen molar-refractivity contribution in [2.24, 2.45) is 0 Å². The lowest BCUT2D eigenvalue weighted by Gasteiger charge is -2.09. The SMILES string of the molecule is CN(O)Cc1cc(F)ccc1O. The van der Waals surface area contributed by atoms with Gasteiger partial charge in [0.05, 0.1) is 6.54 Å². The molecule has 0 saturated carbocycles. The third kappa shape index (κ3) is 2.18. The van der Waals surface area contributed by atoms with E-state index in [9.17, 15) is 9.50 Å². The van der Waals surface area contributed by atoms with E-state index in [4.69, 9.17) is 5.21 Å². The minimum absolute atomic E-state index is 0.0164. The highest BCUT2D eigenvalue weighted by Crippen LogP contribution is 2.18. The summed E-state index contributed by atoms with van der Waals surface area (Å²) in [7, 11) is 1.42. The molecule has 66 valence electrons. The fourth-order valence-electron chi connectivity index (χ4n) is 0.927. The van der Waals surface area contributed by atoms with Crippen molar-refractivity contribution in [1.29, 1.82) is 0 Å². The van der Waals surface area contributed by atoms with Crippen molar-refractivity contribution in [3.8, 4) is 5.75 Å². The molecule has 0 saturated heterocycles. The molecule has 0 aromatic heterocycles. The number of hydroxylamine groups is 2. The van der Waals surface area contributed by atoms with Crippen molar-refractivity contribution < 1.29 is 14.7 Å². The minimum atomic E-state index is -0.426. The van der Waals surface area contributed by atoms with Gasteiger partial charge in [-0.1, -0.05) is 0 Å². The maximum Gasteiger partial charge on any atom is 0.123 e. The topological polar surface area (TPSA) is 43.7 Å². The van der Waals surface area contributed by atoms with E-state index in [2.05, 4.69) is 0 Å². The smallest absolute Gasteiger partial charge is 0.123 e. The standard InChI is InChI=1S/C8H10FNO2/c1-10(12)5-6-4-7(9)2-3-8(6)11/h2-4,11-12H,5H2,1H3. The van der Waals surface area contributed by atoms with Crippen LogP contribution in [0.3, 0.4) is 0 Å². The van der Waals surface area contributed by atoms with Gasteiger partial charge in [-0.3, -0.25) is 0 Å². The molecule has 0 fully saturated rings. The summed E-state index contributed by atoms with van der Waals surface area (Å²) < 4.78 is 12.6. The summed E-state index contributed by atoms with van der Waals surface area (Å²) in [6.45, 7) is 0.101. The molecule has 1 rings (SSSR count). The van der Waals surface area contributed by atoms with Crippen LogP contribution < -0.4 is 0 Å². The third-order valence-corrected chi connectivity index (χ3v) is 1.44. The van der Waals surface area contributed by atoms with Crippen LogP contribution in [0.5, 0.6) is 5.75 Å². The second kappa shape index (κ2) is 3.51. The van der Waals surface area contributed by atoms with Gasteiger partial charge in [0.2, 0.25) is 0 Å². The molecule has 1 aromatic rings. The number of rotatable bonds is 2. The van der Waals surface area contributed by atoms with Crippen LogP contribution in [-0.4, -0.2) is 22.4 Å². The Bertz CT molecular complexity index is 276. The average molecular weight is 171 g/mol. The van der Waals surface area contributed by atoms with Crippen molar-refractivity contribution in [2.75, 3.05) is 7.05 Å². The van der Waals surface area contributed by atoms with Crippen LogP contribution in [0.25, 0.3) is 0 Å². The second-order valence-corrected chi connectivity index (χ2v) is 2.59. The van der Waals surface area contributed by atoms with Crippen LogP contribution >= 0.6 is 0 Å². The van der Waals surface area contributed by atoms with Crippen molar-refractivity contribution in [3.05, 3.63) is 29.6 Å². The fraction of sp³-hybridized carbons (Fsp3) is 0.250. The first-order chi connectivity index (χ1) is 5.59. The molecule has 0 bridgehead atoms. The first kappa shape index (κ1) is 8.96. The average Bonchev–Trinajstić information content (AvgIpc) is 1.96. The van der Waals surface area contributed by atoms with E-state index < -0.39 is 5.82 Å². The summed E-state index contributed by atoms with van der Waals surface area (Å²) in [6.07, 6.45) is 0. The number of hydrogen-bond acceptors (Lipinski definition) is 3. The van der Waals surface area contributed by atoms with Gasteiger partial charge in [0, 0.05) is 12.6 Å². The van der Waals surface area contributed by atoms with Crippen LogP contribution in [0.2, 0.25) is 0 Å². The minimum Gasteiger partial charge on any atom is -0.508 e. The molecule has 0 aliphatic rings. The first-order valence-corrected chi connectivity index (χ1v) is 3.47. The molecule has 0 spiro atoms. The number of phenolic OH excluding ortho intramolecular Hbond substituents is 1. The maximum absolute atomic E-state index is 12.6. The largest absolute Gasteiger partial charge is 0.508 e. The van der Waals surface area contributed by atoms with Gasteiger partial charge in [0.1, 0.15) is 11.6 Å². The van der Waals surface area contributed by atoms with Crippen molar-refractivity contribution in [3.63, 3.8) is 0 Å². The van der Waals surface area contributed by atoms with E-state index >= 15 is 0 Å². The van der Waals surface area contributed by atoms with Gasteiger partial charge in [0.15, 0.2) is 0 Å². The number of phenols is 1. The van der Waals surface area contributed by atoms with E-state index in [1.54, 1.807) is 0 Å². The molecule has 0 atom stereocenters. The molecule has 0 heterocycles. The molecule has 0 aliphatic heterocycles. The van der Waals surface area contributed by atoms with Crippen molar-refractivity contribution >= 4 is 0 Å². The van der Waals surface area contributed by atoms with Gasteiger partial charge in [-0.25, -0.2) is 4.39 Å². The molecule has 0 radical (unpaired) electrons. The number of hydrogen-bond donors (Lipinski definition) is 2. The quantitative estimate of drug-likeness (QED) is 0.660. The predicted octanol–water partition coefficient (Wildman–Crippen LogP) is 1.35. The van der Waals surface area contributed by atoms with E-state index in [-0.39, 0.29) is 12.3 Å². The summed E-state index contributed by atoms with van der Waals surface area (Å²) in [4.78, 5) is 0. The number of benzene rings is 1. The fourth-order valence-corrected chi connectivity index (χ4v) is 0.927. The van der Waals surface area contributed by atoms with Gasteiger partial charge < -0.3 is 10.3 Å². The molecular formula is C8H10FNO2. The zero-order chi connectivity index (χ0) is 9.14. The molecule has 12 heavy (non-hydrogen) atoms. The molecule has 1 aromatic carbocycles. The summed E-state index contributed by atoms with van der Waals surface area (Å²) in [6, 6.07) is 3.60. The van der Waals surface area contributed by atoms with Crippen LogP contribution in [0.1, 0.15) is 5.56 Å². The Hall–Kier alpha value is -1.13. The predicted molar refractivity (Wildman–Crippen MR) is 41.3 cm³/mol. The summed E-state index contributed by atoms with van der Waals surface area (Å²) in [5, 5.41) is 18.9. The molecule has 0 aliphatic carbocycles. The Balaban J connectivity index is 2.90. The van der Waals surface area contributed by atoms with Crippen LogP contribution in [-0.2, 0) is 6.54 Å². The van der Waals surface area contributed by atoms with Gasteiger partial charge in [-0.2, -0.15) is 5.06 Å². The Morgan fingerprint density at radius 3 is 2.75 bits per heavy atom. The van der Waals surface area contributed by atoms with Gasteiger partial charge in [0.25, 0.3) is 0 Å². The third-order valence-electron chi connectivity index (χ3n) is 1.44. The summed E-state index contributed by atoms with van der Waals surface area (Å²) in [5.41, 5.74) is 0.361. The van der Waals surface area contributed by atoms with Gasteiger partial charge >= 0.3 is 0 Å². The first-order valence-electron chi connectivity index (χ1n) is 3.47. The molecule has 0 amide bonds.